The molecule has 0 spiro atoms. The number of halogens is 4. The molecular formula is C19H11F4N. The van der Waals surface area contributed by atoms with E-state index in [1.54, 1.807) is 24.3 Å². The summed E-state index contributed by atoms with van der Waals surface area (Å²) in [6.45, 7) is 0. The lowest BCUT2D eigenvalue weighted by atomic mass is 10.1. The highest BCUT2D eigenvalue weighted by Crippen LogP contribution is 2.38. The first-order valence-electron chi connectivity index (χ1n) is 7.32. The van der Waals surface area contributed by atoms with Crippen LogP contribution in [-0.2, 0) is 6.18 Å². The molecule has 24 heavy (non-hydrogen) atoms. The zero-order chi connectivity index (χ0) is 16.9. The van der Waals surface area contributed by atoms with Crippen molar-refractivity contribution in [2.24, 2.45) is 0 Å². The van der Waals surface area contributed by atoms with Crippen LogP contribution in [0.2, 0.25) is 0 Å². The van der Waals surface area contributed by atoms with E-state index in [1.165, 1.54) is 10.6 Å². The van der Waals surface area contributed by atoms with Gasteiger partial charge in [0.05, 0.1) is 22.3 Å². The monoisotopic (exact) mass is 329 g/mol. The molecule has 0 radical (unpaired) electrons. The van der Waals surface area contributed by atoms with Gasteiger partial charge in [-0.3, -0.25) is 0 Å². The van der Waals surface area contributed by atoms with E-state index in [2.05, 4.69) is 0 Å². The largest absolute Gasteiger partial charge is 0.418 e. The Morgan fingerprint density at radius 2 is 1.25 bits per heavy atom. The molecule has 120 valence electrons. The van der Waals surface area contributed by atoms with Crippen LogP contribution in [0.4, 0.5) is 17.6 Å². The number of aromatic nitrogens is 1. The Morgan fingerprint density at radius 1 is 0.708 bits per heavy atom. The molecule has 0 amide bonds. The molecular weight excluding hydrogens is 318 g/mol. The Morgan fingerprint density at radius 3 is 1.79 bits per heavy atom. The van der Waals surface area contributed by atoms with Gasteiger partial charge in [0.25, 0.3) is 0 Å². The van der Waals surface area contributed by atoms with Crippen LogP contribution in [0.15, 0.2) is 66.7 Å². The first kappa shape index (κ1) is 14.8. The number of rotatable bonds is 1. The van der Waals surface area contributed by atoms with Crippen molar-refractivity contribution in [3.63, 3.8) is 0 Å². The molecule has 4 rings (SSSR count). The molecule has 0 aliphatic rings. The zero-order valence-corrected chi connectivity index (χ0v) is 12.3. The number of hydrogen-bond donors (Lipinski definition) is 0. The van der Waals surface area contributed by atoms with Crippen LogP contribution in [0.5, 0.6) is 0 Å². The summed E-state index contributed by atoms with van der Waals surface area (Å²) >= 11 is 0. The van der Waals surface area contributed by atoms with Crippen LogP contribution in [-0.4, -0.2) is 4.57 Å². The molecule has 1 nitrogen and oxygen atoms in total. The minimum atomic E-state index is -4.65. The highest BCUT2D eigenvalue weighted by atomic mass is 19.4. The molecule has 0 unspecified atom stereocenters. The number of nitrogens with zero attached hydrogens (tertiary/aromatic N) is 1. The van der Waals surface area contributed by atoms with Crippen molar-refractivity contribution in [1.29, 1.82) is 0 Å². The fraction of sp³-hybridized carbons (Fsp3) is 0.0526. The zero-order valence-electron chi connectivity index (χ0n) is 12.3. The lowest BCUT2D eigenvalue weighted by Gasteiger charge is -2.15. The molecule has 1 heterocycles. The molecule has 0 N–H and O–H groups in total. The fourth-order valence-electron chi connectivity index (χ4n) is 3.11. The third kappa shape index (κ3) is 2.16. The van der Waals surface area contributed by atoms with Crippen LogP contribution in [0, 0.1) is 5.82 Å². The summed E-state index contributed by atoms with van der Waals surface area (Å²) in [4.78, 5) is 0. The molecule has 0 saturated carbocycles. The van der Waals surface area contributed by atoms with Gasteiger partial charge in [-0.15, -0.1) is 0 Å². The average Bonchev–Trinajstić information content (AvgIpc) is 2.89. The molecule has 1 aromatic heterocycles. The summed E-state index contributed by atoms with van der Waals surface area (Å²) in [5.41, 5.74) is 0.224. The first-order valence-corrected chi connectivity index (χ1v) is 7.32. The number of para-hydroxylation sites is 2. The van der Waals surface area contributed by atoms with Crippen molar-refractivity contribution in [3.8, 4) is 5.69 Å². The predicted molar refractivity (Wildman–Crippen MR) is 85.7 cm³/mol. The molecule has 0 aliphatic carbocycles. The molecule has 0 saturated heterocycles. The Hall–Kier alpha value is -2.82. The van der Waals surface area contributed by atoms with E-state index in [-0.39, 0.29) is 5.69 Å². The highest BCUT2D eigenvalue weighted by Gasteiger charge is 2.35. The summed E-state index contributed by atoms with van der Waals surface area (Å²) in [5.74, 6) is -0.910. The molecule has 4 aromatic rings. The third-order valence-electron chi connectivity index (χ3n) is 4.08. The van der Waals surface area contributed by atoms with Gasteiger partial charge < -0.3 is 4.57 Å². The van der Waals surface area contributed by atoms with Crippen molar-refractivity contribution in [3.05, 3.63) is 78.1 Å². The molecule has 5 heteroatoms. The van der Waals surface area contributed by atoms with E-state index in [9.17, 15) is 17.6 Å². The van der Waals surface area contributed by atoms with Crippen molar-refractivity contribution in [1.82, 2.24) is 4.57 Å². The third-order valence-corrected chi connectivity index (χ3v) is 4.08. The van der Waals surface area contributed by atoms with Crippen LogP contribution in [0.25, 0.3) is 27.5 Å². The van der Waals surface area contributed by atoms with Crippen LogP contribution < -0.4 is 0 Å². The average molecular weight is 329 g/mol. The summed E-state index contributed by atoms with van der Waals surface area (Å²) in [5, 5.41) is 1.70. The van der Waals surface area contributed by atoms with Crippen molar-refractivity contribution in [2.45, 2.75) is 6.18 Å². The quantitative estimate of drug-likeness (QED) is 0.381. The maximum Gasteiger partial charge on any atom is 0.418 e. The number of alkyl halides is 3. The van der Waals surface area contributed by atoms with E-state index in [4.69, 9.17) is 0 Å². The number of benzene rings is 3. The van der Waals surface area contributed by atoms with Gasteiger partial charge in [-0.1, -0.05) is 36.4 Å². The number of fused-ring (bicyclic) bond motifs is 3. The lowest BCUT2D eigenvalue weighted by Crippen LogP contribution is -2.11. The smallest absolute Gasteiger partial charge is 0.309 e. The second-order valence-electron chi connectivity index (χ2n) is 5.53. The Kier molecular flexibility index (Phi) is 3.13. The van der Waals surface area contributed by atoms with Gasteiger partial charge in [0.2, 0.25) is 0 Å². The van der Waals surface area contributed by atoms with Crippen molar-refractivity contribution in [2.75, 3.05) is 0 Å². The lowest BCUT2D eigenvalue weighted by molar-refractivity contribution is -0.137. The fourth-order valence-corrected chi connectivity index (χ4v) is 3.11. The van der Waals surface area contributed by atoms with E-state index in [0.717, 1.165) is 16.8 Å². The normalized spacial score (nSPS) is 12.2. The van der Waals surface area contributed by atoms with Crippen molar-refractivity contribution >= 4 is 21.8 Å². The van der Waals surface area contributed by atoms with E-state index < -0.39 is 17.6 Å². The Balaban J connectivity index is 2.18. The van der Waals surface area contributed by atoms with Gasteiger partial charge >= 0.3 is 6.18 Å². The van der Waals surface area contributed by atoms with Crippen LogP contribution in [0.1, 0.15) is 5.56 Å². The topological polar surface area (TPSA) is 4.93 Å². The molecule has 0 atom stereocenters. The molecule has 3 aromatic carbocycles. The van der Waals surface area contributed by atoms with Crippen molar-refractivity contribution < 1.29 is 17.6 Å². The Bertz CT molecular complexity index is 1010. The summed E-state index contributed by atoms with van der Waals surface area (Å²) in [6, 6.07) is 17.3. The van der Waals surface area contributed by atoms with Gasteiger partial charge in [-0.2, -0.15) is 13.2 Å². The molecule has 0 fully saturated rings. The second-order valence-corrected chi connectivity index (χ2v) is 5.53. The minimum absolute atomic E-state index is 0.0821. The second kappa shape index (κ2) is 5.09. The van der Waals surface area contributed by atoms with E-state index >= 15 is 0 Å². The minimum Gasteiger partial charge on any atom is -0.309 e. The van der Waals surface area contributed by atoms with Gasteiger partial charge in [0.15, 0.2) is 0 Å². The first-order chi connectivity index (χ1) is 11.5. The molecule has 0 bridgehead atoms. The summed E-state index contributed by atoms with van der Waals surface area (Å²) in [6.07, 6.45) is -4.65. The van der Waals surface area contributed by atoms with Gasteiger partial charge in [-0.25, -0.2) is 4.39 Å². The van der Waals surface area contributed by atoms with Gasteiger partial charge in [-0.05, 0) is 30.3 Å². The Labute approximate surface area is 134 Å². The maximum absolute atomic E-state index is 13.4. The van der Waals surface area contributed by atoms with Crippen LogP contribution >= 0.6 is 0 Å². The summed E-state index contributed by atoms with van der Waals surface area (Å²) < 4.78 is 55.3. The maximum atomic E-state index is 13.4. The number of hydrogen-bond acceptors (Lipinski definition) is 0. The standard InChI is InChI=1S/C19H11F4N/c20-12-9-10-18(15(11-12)19(21,22)23)24-16-7-3-1-5-13(16)14-6-2-4-8-17(14)24/h1-11H. The molecule has 0 aliphatic heterocycles. The SMILES string of the molecule is Fc1ccc(-n2c3ccccc3c3ccccc32)c(C(F)(F)F)c1. The van der Waals surface area contributed by atoms with Gasteiger partial charge in [0.1, 0.15) is 5.82 Å². The predicted octanol–water partition coefficient (Wildman–Crippen LogP) is 5.94. The summed E-state index contributed by atoms with van der Waals surface area (Å²) in [7, 11) is 0. The van der Waals surface area contributed by atoms with Crippen LogP contribution in [0.3, 0.4) is 0 Å². The van der Waals surface area contributed by atoms with E-state index in [0.29, 0.717) is 17.1 Å². The van der Waals surface area contributed by atoms with Gasteiger partial charge in [0, 0.05) is 10.8 Å². The highest BCUT2D eigenvalue weighted by molar-refractivity contribution is 6.09. The van der Waals surface area contributed by atoms with E-state index in [1.807, 2.05) is 24.3 Å².